The maximum Gasteiger partial charge on any atom is 0.304 e. The zero-order valence-electron chi connectivity index (χ0n) is 5.54. The van der Waals surface area contributed by atoms with E-state index in [4.69, 9.17) is 16.2 Å². The molecule has 6 heteroatoms. The van der Waals surface area contributed by atoms with Gasteiger partial charge in [0, 0.05) is 0 Å². The molecular formula is C5H5ClO3S2. The largest absolute Gasteiger partial charge is 0.304 e. The van der Waals surface area contributed by atoms with Gasteiger partial charge in [0.15, 0.2) is 0 Å². The lowest BCUT2D eigenvalue weighted by atomic mass is 10.4. The molecule has 0 aliphatic rings. The van der Waals surface area contributed by atoms with Crippen molar-refractivity contribution in [1.29, 1.82) is 0 Å². The summed E-state index contributed by atoms with van der Waals surface area (Å²) in [6.45, 7) is 1.67. The number of rotatable bonds is 1. The summed E-state index contributed by atoms with van der Waals surface area (Å²) in [6, 6.07) is 1.34. The number of aryl methyl sites for hydroxylation is 1. The average Bonchev–Trinajstić information content (AvgIpc) is 2.11. The molecule has 0 atom stereocenters. The molecule has 1 aromatic heterocycles. The second-order valence-corrected chi connectivity index (χ2v) is 5.30. The van der Waals surface area contributed by atoms with Crippen LogP contribution in [-0.4, -0.2) is 13.0 Å². The maximum atomic E-state index is 10.5. The normalized spacial score (nSPS) is 11.9. The Labute approximate surface area is 73.4 Å². The number of halogens is 1. The molecule has 0 saturated carbocycles. The first-order valence-corrected chi connectivity index (χ1v) is 5.28. The lowest BCUT2D eigenvalue weighted by molar-refractivity contribution is 0.485. The fraction of sp³-hybridized carbons (Fsp3) is 0.200. The van der Waals surface area contributed by atoms with Crippen LogP contribution in [0.5, 0.6) is 0 Å². The molecular weight excluding hydrogens is 208 g/mol. The highest BCUT2D eigenvalue weighted by atomic mass is 35.5. The summed E-state index contributed by atoms with van der Waals surface area (Å²) in [7, 11) is -4.07. The van der Waals surface area contributed by atoms with Crippen LogP contribution in [0.25, 0.3) is 0 Å². The fourth-order valence-corrected chi connectivity index (χ4v) is 2.63. The monoisotopic (exact) mass is 212 g/mol. The predicted octanol–water partition coefficient (Wildman–Crippen LogP) is 1.96. The molecule has 0 saturated heterocycles. The summed E-state index contributed by atoms with van der Waals surface area (Å²) in [4.78, 5) is 0. The van der Waals surface area contributed by atoms with Gasteiger partial charge in [-0.05, 0) is 18.6 Å². The van der Waals surface area contributed by atoms with E-state index >= 15 is 0 Å². The van der Waals surface area contributed by atoms with Crippen molar-refractivity contribution in [3.63, 3.8) is 0 Å². The summed E-state index contributed by atoms with van der Waals surface area (Å²) in [5.74, 6) is 0. The molecule has 0 fully saturated rings. The molecule has 0 aliphatic carbocycles. The highest BCUT2D eigenvalue weighted by Crippen LogP contribution is 2.29. The van der Waals surface area contributed by atoms with Crippen LogP contribution in [0.1, 0.15) is 5.56 Å². The fourth-order valence-electron chi connectivity index (χ4n) is 0.559. The van der Waals surface area contributed by atoms with Gasteiger partial charge in [0.25, 0.3) is 0 Å². The molecule has 11 heavy (non-hydrogen) atoms. The highest BCUT2D eigenvalue weighted by molar-refractivity contribution is 7.88. The maximum absolute atomic E-state index is 10.5. The van der Waals surface area contributed by atoms with Gasteiger partial charge < -0.3 is 0 Å². The number of hydrogen-bond donors (Lipinski definition) is 1. The molecule has 0 spiro atoms. The topological polar surface area (TPSA) is 54.4 Å². The van der Waals surface area contributed by atoms with Crippen molar-refractivity contribution in [3.8, 4) is 0 Å². The first-order chi connectivity index (χ1) is 4.91. The summed E-state index contributed by atoms with van der Waals surface area (Å²) in [5.41, 5.74) is 0.657. The van der Waals surface area contributed by atoms with Crippen molar-refractivity contribution in [3.05, 3.63) is 16.0 Å². The van der Waals surface area contributed by atoms with E-state index in [1.807, 2.05) is 0 Å². The van der Waals surface area contributed by atoms with Crippen LogP contribution >= 0.6 is 22.9 Å². The van der Waals surface area contributed by atoms with Crippen molar-refractivity contribution in [1.82, 2.24) is 0 Å². The Balaban J connectivity index is 3.29. The second-order valence-electron chi connectivity index (χ2n) is 2.00. The van der Waals surface area contributed by atoms with Crippen LogP contribution in [0.3, 0.4) is 0 Å². The van der Waals surface area contributed by atoms with E-state index in [0.29, 0.717) is 9.90 Å². The molecule has 1 N–H and O–H groups in total. The van der Waals surface area contributed by atoms with Gasteiger partial charge >= 0.3 is 10.1 Å². The Morgan fingerprint density at radius 3 is 2.36 bits per heavy atom. The van der Waals surface area contributed by atoms with E-state index in [2.05, 4.69) is 0 Å². The van der Waals surface area contributed by atoms with Crippen LogP contribution in [0.4, 0.5) is 0 Å². The van der Waals surface area contributed by atoms with Gasteiger partial charge in [0.2, 0.25) is 0 Å². The average molecular weight is 213 g/mol. The summed E-state index contributed by atoms with van der Waals surface area (Å²) >= 11 is 6.43. The van der Waals surface area contributed by atoms with E-state index in [0.717, 1.165) is 11.3 Å². The third kappa shape index (κ3) is 1.93. The third-order valence-corrected chi connectivity index (χ3v) is 3.95. The zero-order valence-corrected chi connectivity index (χ0v) is 7.92. The molecule has 0 unspecified atom stereocenters. The van der Waals surface area contributed by atoms with E-state index in [9.17, 15) is 8.42 Å². The lowest BCUT2D eigenvalue weighted by Crippen LogP contribution is -1.93. The quantitative estimate of drug-likeness (QED) is 0.724. The first-order valence-electron chi connectivity index (χ1n) is 2.64. The van der Waals surface area contributed by atoms with Gasteiger partial charge in [-0.1, -0.05) is 11.6 Å². The van der Waals surface area contributed by atoms with Crippen LogP contribution in [-0.2, 0) is 10.1 Å². The van der Waals surface area contributed by atoms with Crippen LogP contribution in [0.15, 0.2) is 10.3 Å². The zero-order chi connectivity index (χ0) is 8.65. The Kier molecular flexibility index (Phi) is 2.24. The molecule has 0 aromatic carbocycles. The molecule has 1 rings (SSSR count). The van der Waals surface area contributed by atoms with Gasteiger partial charge in [0.05, 0.1) is 4.34 Å². The van der Waals surface area contributed by atoms with Crippen molar-refractivity contribution in [2.45, 2.75) is 11.1 Å². The minimum Gasteiger partial charge on any atom is -0.281 e. The summed E-state index contributed by atoms with van der Waals surface area (Å²) in [6.07, 6.45) is 0. The molecule has 1 aromatic rings. The smallest absolute Gasteiger partial charge is 0.281 e. The Bertz CT molecular complexity index is 346. The molecule has 62 valence electrons. The second kappa shape index (κ2) is 2.75. The Morgan fingerprint density at radius 2 is 2.18 bits per heavy atom. The minimum atomic E-state index is -4.07. The van der Waals surface area contributed by atoms with Crippen molar-refractivity contribution in [2.24, 2.45) is 0 Å². The SMILES string of the molecule is Cc1cc(S(=O)(=O)O)sc1Cl. The van der Waals surface area contributed by atoms with Crippen molar-refractivity contribution < 1.29 is 13.0 Å². The van der Waals surface area contributed by atoms with E-state index in [-0.39, 0.29) is 4.21 Å². The van der Waals surface area contributed by atoms with Gasteiger partial charge in [0.1, 0.15) is 4.21 Å². The van der Waals surface area contributed by atoms with Gasteiger partial charge in [-0.2, -0.15) is 8.42 Å². The summed E-state index contributed by atoms with van der Waals surface area (Å²) in [5, 5.41) is 0. The predicted molar refractivity (Wildman–Crippen MR) is 43.9 cm³/mol. The van der Waals surface area contributed by atoms with Crippen LogP contribution in [0, 0.1) is 6.92 Å². The van der Waals surface area contributed by atoms with Crippen molar-refractivity contribution in [2.75, 3.05) is 0 Å². The number of hydrogen-bond acceptors (Lipinski definition) is 3. The van der Waals surface area contributed by atoms with Gasteiger partial charge in [-0.25, -0.2) is 0 Å². The van der Waals surface area contributed by atoms with Gasteiger partial charge in [-0.3, -0.25) is 4.55 Å². The molecule has 0 radical (unpaired) electrons. The van der Waals surface area contributed by atoms with E-state index in [1.165, 1.54) is 6.07 Å². The number of thiophene rings is 1. The molecule has 0 amide bonds. The highest BCUT2D eigenvalue weighted by Gasteiger charge is 2.14. The minimum absolute atomic E-state index is 0.111. The Morgan fingerprint density at radius 1 is 1.64 bits per heavy atom. The van der Waals surface area contributed by atoms with Crippen molar-refractivity contribution >= 4 is 33.1 Å². The van der Waals surface area contributed by atoms with E-state index in [1.54, 1.807) is 6.92 Å². The van der Waals surface area contributed by atoms with Crippen LogP contribution in [0.2, 0.25) is 4.34 Å². The van der Waals surface area contributed by atoms with E-state index < -0.39 is 10.1 Å². The first kappa shape index (κ1) is 8.99. The lowest BCUT2D eigenvalue weighted by Gasteiger charge is -1.85. The molecule has 3 nitrogen and oxygen atoms in total. The van der Waals surface area contributed by atoms with Gasteiger partial charge in [-0.15, -0.1) is 11.3 Å². The van der Waals surface area contributed by atoms with Crippen LogP contribution < -0.4 is 0 Å². The molecule has 0 aliphatic heterocycles. The standard InChI is InChI=1S/C5H5ClO3S2/c1-3-2-4(10-5(3)6)11(7,8)9/h2H,1H3,(H,7,8,9). The summed E-state index contributed by atoms with van der Waals surface area (Å²) < 4.78 is 29.8. The Hall–Kier alpha value is -0.100. The molecule has 1 heterocycles. The third-order valence-electron chi connectivity index (χ3n) is 1.09. The molecule has 0 bridgehead atoms.